The van der Waals surface area contributed by atoms with Crippen LogP contribution in [0.2, 0.25) is 0 Å². The molecule has 4 rings (SSSR count). The molecule has 1 aliphatic carbocycles. The first-order valence-corrected chi connectivity index (χ1v) is 10.9. The lowest BCUT2D eigenvalue weighted by Crippen LogP contribution is -2.38. The highest BCUT2D eigenvalue weighted by atomic mass is 32.2. The minimum absolute atomic E-state index is 0.104. The lowest BCUT2D eigenvalue weighted by atomic mass is 9.95. The quantitative estimate of drug-likeness (QED) is 0.586. The Labute approximate surface area is 162 Å². The van der Waals surface area contributed by atoms with Crippen molar-refractivity contribution in [1.29, 1.82) is 0 Å². The van der Waals surface area contributed by atoms with Gasteiger partial charge in [-0.3, -0.25) is 4.79 Å². The Hall–Kier alpha value is -1.85. The van der Waals surface area contributed by atoms with E-state index in [4.69, 9.17) is 4.98 Å². The van der Waals surface area contributed by atoms with E-state index in [1.807, 2.05) is 48.5 Å². The van der Waals surface area contributed by atoms with Crippen LogP contribution in [0, 0.1) is 0 Å². The minimum Gasteiger partial charge on any atom is -0.352 e. The third-order valence-electron chi connectivity index (χ3n) is 4.78. The van der Waals surface area contributed by atoms with Crippen LogP contribution in [0.15, 0.2) is 58.9 Å². The van der Waals surface area contributed by atoms with Crippen LogP contribution in [0.25, 0.3) is 10.2 Å². The van der Waals surface area contributed by atoms with E-state index >= 15 is 0 Å². The number of para-hydroxylation sites is 1. The normalized spacial score (nSPS) is 16.5. The first kappa shape index (κ1) is 17.6. The molecule has 0 aliphatic heterocycles. The van der Waals surface area contributed by atoms with Gasteiger partial charge in [-0.2, -0.15) is 0 Å². The molecule has 1 aliphatic rings. The Kier molecular flexibility index (Phi) is 5.56. The number of fused-ring (bicyclic) bond motifs is 1. The number of nitrogens with one attached hydrogen (secondary N) is 1. The highest BCUT2D eigenvalue weighted by Crippen LogP contribution is 2.39. The van der Waals surface area contributed by atoms with Crippen LogP contribution in [0.5, 0.6) is 0 Å². The molecule has 0 saturated heterocycles. The number of thiazole rings is 1. The lowest BCUT2D eigenvalue weighted by molar-refractivity contribution is -0.121. The van der Waals surface area contributed by atoms with Gasteiger partial charge in [0.15, 0.2) is 4.34 Å². The van der Waals surface area contributed by atoms with E-state index in [0.717, 1.165) is 33.0 Å². The van der Waals surface area contributed by atoms with Gasteiger partial charge in [0.05, 0.1) is 10.2 Å². The molecule has 1 saturated carbocycles. The van der Waals surface area contributed by atoms with Gasteiger partial charge in [-0.25, -0.2) is 4.98 Å². The van der Waals surface area contributed by atoms with E-state index in [1.54, 1.807) is 23.1 Å². The molecular weight excluding hydrogens is 360 g/mol. The molecule has 0 bridgehead atoms. The largest absolute Gasteiger partial charge is 0.352 e. The topological polar surface area (TPSA) is 42.0 Å². The standard InChI is InChI=1S/C21H22N2OS2/c24-20(22-16-11-5-2-6-12-16)19(15-9-3-1-4-10-15)26-21-23-17-13-7-8-14-18(17)25-21/h1,3-4,7-10,13-14,16,19H,2,5-6,11-12H2,(H,22,24)/t19-/m0/s1. The molecule has 1 aromatic heterocycles. The maximum absolute atomic E-state index is 13.1. The predicted octanol–water partition coefficient (Wildman–Crippen LogP) is 5.58. The van der Waals surface area contributed by atoms with Crippen molar-refractivity contribution >= 4 is 39.2 Å². The van der Waals surface area contributed by atoms with Crippen molar-refractivity contribution in [1.82, 2.24) is 10.3 Å². The van der Waals surface area contributed by atoms with E-state index in [2.05, 4.69) is 11.4 Å². The van der Waals surface area contributed by atoms with Crippen molar-refractivity contribution < 1.29 is 4.79 Å². The predicted molar refractivity (Wildman–Crippen MR) is 110 cm³/mol. The van der Waals surface area contributed by atoms with Crippen molar-refractivity contribution in [3.05, 3.63) is 60.2 Å². The van der Waals surface area contributed by atoms with Gasteiger partial charge in [0.2, 0.25) is 5.91 Å². The van der Waals surface area contributed by atoms with Crippen LogP contribution < -0.4 is 5.32 Å². The molecule has 26 heavy (non-hydrogen) atoms. The summed E-state index contributed by atoms with van der Waals surface area (Å²) in [6.07, 6.45) is 5.91. The third-order valence-corrected chi connectivity index (χ3v) is 7.17. The summed E-state index contributed by atoms with van der Waals surface area (Å²) in [6.45, 7) is 0. The van der Waals surface area contributed by atoms with Crippen molar-refractivity contribution in [3.8, 4) is 0 Å². The summed E-state index contributed by atoms with van der Waals surface area (Å²) in [4.78, 5) is 17.8. The molecule has 5 heteroatoms. The molecule has 0 unspecified atom stereocenters. The first-order valence-electron chi connectivity index (χ1n) is 9.17. The fourth-order valence-corrected chi connectivity index (χ4v) is 5.70. The monoisotopic (exact) mass is 382 g/mol. The zero-order chi connectivity index (χ0) is 17.8. The van der Waals surface area contributed by atoms with Crippen LogP contribution in [0.3, 0.4) is 0 Å². The van der Waals surface area contributed by atoms with Gasteiger partial charge < -0.3 is 5.32 Å². The maximum atomic E-state index is 13.1. The van der Waals surface area contributed by atoms with Crippen LogP contribution >= 0.6 is 23.1 Å². The van der Waals surface area contributed by atoms with E-state index in [-0.39, 0.29) is 11.2 Å². The molecule has 1 amide bonds. The number of hydrogen-bond donors (Lipinski definition) is 1. The zero-order valence-corrected chi connectivity index (χ0v) is 16.2. The molecule has 134 valence electrons. The van der Waals surface area contributed by atoms with Gasteiger partial charge in [0, 0.05) is 6.04 Å². The number of benzene rings is 2. The second-order valence-electron chi connectivity index (χ2n) is 6.70. The molecule has 3 aromatic rings. The van der Waals surface area contributed by atoms with Crippen LogP contribution in [0.4, 0.5) is 0 Å². The number of aromatic nitrogens is 1. The summed E-state index contributed by atoms with van der Waals surface area (Å²) in [5.41, 5.74) is 2.03. The molecule has 2 aromatic carbocycles. The maximum Gasteiger partial charge on any atom is 0.238 e. The van der Waals surface area contributed by atoms with Crippen molar-refractivity contribution in [3.63, 3.8) is 0 Å². The Morgan fingerprint density at radius 3 is 2.54 bits per heavy atom. The molecule has 1 fully saturated rings. The highest BCUT2D eigenvalue weighted by Gasteiger charge is 2.26. The Bertz CT molecular complexity index is 839. The molecule has 0 spiro atoms. The summed E-state index contributed by atoms with van der Waals surface area (Å²) < 4.78 is 2.10. The van der Waals surface area contributed by atoms with E-state index in [0.29, 0.717) is 6.04 Å². The average Bonchev–Trinajstić information content (AvgIpc) is 3.10. The summed E-state index contributed by atoms with van der Waals surface area (Å²) >= 11 is 3.22. The minimum atomic E-state index is -0.265. The SMILES string of the molecule is O=C(NC1CCCCC1)[C@@H](Sc1nc2ccccc2s1)c1ccccc1. The average molecular weight is 383 g/mol. The van der Waals surface area contributed by atoms with Gasteiger partial charge in [-0.1, -0.05) is 73.5 Å². The highest BCUT2D eigenvalue weighted by molar-refractivity contribution is 8.02. The summed E-state index contributed by atoms with van der Waals surface area (Å²) in [6, 6.07) is 18.5. The second kappa shape index (κ2) is 8.23. The number of hydrogen-bond acceptors (Lipinski definition) is 4. The van der Waals surface area contributed by atoms with Gasteiger partial charge in [0.1, 0.15) is 5.25 Å². The number of amides is 1. The molecule has 0 radical (unpaired) electrons. The van der Waals surface area contributed by atoms with E-state index in [1.165, 1.54) is 19.3 Å². The van der Waals surface area contributed by atoms with Gasteiger partial charge in [0.25, 0.3) is 0 Å². The van der Waals surface area contributed by atoms with Crippen molar-refractivity contribution in [2.24, 2.45) is 0 Å². The number of carbonyl (C=O) groups is 1. The van der Waals surface area contributed by atoms with E-state index < -0.39 is 0 Å². The Morgan fingerprint density at radius 1 is 1.04 bits per heavy atom. The fraction of sp³-hybridized carbons (Fsp3) is 0.333. The molecule has 1 heterocycles. The Balaban J connectivity index is 1.57. The number of carbonyl (C=O) groups excluding carboxylic acids is 1. The van der Waals surface area contributed by atoms with Crippen molar-refractivity contribution in [2.75, 3.05) is 0 Å². The number of rotatable bonds is 5. The smallest absolute Gasteiger partial charge is 0.238 e. The second-order valence-corrected chi connectivity index (χ2v) is 9.08. The third kappa shape index (κ3) is 4.10. The summed E-state index contributed by atoms with van der Waals surface area (Å²) in [5, 5.41) is 3.02. The molecular formula is C21H22N2OS2. The number of thioether (sulfide) groups is 1. The number of nitrogens with zero attached hydrogens (tertiary/aromatic N) is 1. The lowest BCUT2D eigenvalue weighted by Gasteiger charge is -2.25. The van der Waals surface area contributed by atoms with E-state index in [9.17, 15) is 4.79 Å². The first-order chi connectivity index (χ1) is 12.8. The summed E-state index contributed by atoms with van der Waals surface area (Å²) in [7, 11) is 0. The fourth-order valence-electron chi connectivity index (χ4n) is 3.43. The van der Waals surface area contributed by atoms with Crippen LogP contribution in [0.1, 0.15) is 42.9 Å². The van der Waals surface area contributed by atoms with Gasteiger partial charge in [-0.05, 0) is 30.5 Å². The molecule has 1 N–H and O–H groups in total. The Morgan fingerprint density at radius 2 is 1.77 bits per heavy atom. The zero-order valence-electron chi connectivity index (χ0n) is 14.6. The van der Waals surface area contributed by atoms with Gasteiger partial charge in [-0.15, -0.1) is 11.3 Å². The van der Waals surface area contributed by atoms with Gasteiger partial charge >= 0.3 is 0 Å². The van der Waals surface area contributed by atoms with Crippen molar-refractivity contribution in [2.45, 2.75) is 47.7 Å². The van der Waals surface area contributed by atoms with Crippen LogP contribution in [-0.4, -0.2) is 16.9 Å². The van der Waals surface area contributed by atoms with Crippen LogP contribution in [-0.2, 0) is 4.79 Å². The molecule has 1 atom stereocenters. The summed E-state index contributed by atoms with van der Waals surface area (Å²) in [5.74, 6) is 0.104. The molecule has 3 nitrogen and oxygen atoms in total.